The highest BCUT2D eigenvalue weighted by molar-refractivity contribution is 5.95. The number of hydrogen-bond donors (Lipinski definition) is 1. The van der Waals surface area contributed by atoms with Gasteiger partial charge in [0, 0.05) is 38.3 Å². The number of nitrogens with zero attached hydrogens (tertiary/aromatic N) is 2. The molecule has 1 saturated carbocycles. The minimum Gasteiger partial charge on any atom is -0.340 e. The number of anilines is 1. The number of hydrogen-bond acceptors (Lipinski definition) is 3. The van der Waals surface area contributed by atoms with Crippen molar-refractivity contribution in [3.63, 3.8) is 0 Å². The third-order valence-corrected chi connectivity index (χ3v) is 6.04. The zero-order chi connectivity index (χ0) is 20.1. The number of piperazine rings is 1. The average molecular weight is 386 g/mol. The minimum atomic E-state index is -0.0923. The van der Waals surface area contributed by atoms with E-state index in [1.54, 1.807) is 0 Å². The lowest BCUT2D eigenvalue weighted by atomic mass is 9.94. The molecule has 1 aliphatic carbocycles. The molecule has 1 atom stereocenters. The first-order valence-electron chi connectivity index (χ1n) is 10.8. The second-order valence-corrected chi connectivity index (χ2v) is 8.86. The summed E-state index contributed by atoms with van der Waals surface area (Å²) < 4.78 is 0. The summed E-state index contributed by atoms with van der Waals surface area (Å²) in [5, 5.41) is 3.16. The summed E-state index contributed by atoms with van der Waals surface area (Å²) >= 11 is 0. The monoisotopic (exact) mass is 385 g/mol. The van der Waals surface area contributed by atoms with Crippen molar-refractivity contribution in [2.24, 2.45) is 11.8 Å². The van der Waals surface area contributed by atoms with E-state index in [1.807, 2.05) is 36.1 Å². The Morgan fingerprint density at radius 1 is 1.11 bits per heavy atom. The van der Waals surface area contributed by atoms with E-state index in [-0.39, 0.29) is 17.9 Å². The molecular formula is C23H35N3O2. The molecule has 154 valence electrons. The van der Waals surface area contributed by atoms with E-state index in [0.29, 0.717) is 18.3 Å². The van der Waals surface area contributed by atoms with Gasteiger partial charge in [-0.2, -0.15) is 0 Å². The molecule has 2 amide bonds. The molecule has 2 fully saturated rings. The highest BCUT2D eigenvalue weighted by Gasteiger charge is 2.37. The third-order valence-electron chi connectivity index (χ3n) is 6.04. The zero-order valence-electron chi connectivity index (χ0n) is 17.6. The van der Waals surface area contributed by atoms with Gasteiger partial charge in [0.15, 0.2) is 0 Å². The maximum absolute atomic E-state index is 13.2. The van der Waals surface area contributed by atoms with E-state index in [1.165, 1.54) is 12.8 Å². The van der Waals surface area contributed by atoms with Gasteiger partial charge in [-0.15, -0.1) is 0 Å². The minimum absolute atomic E-state index is 0.0923. The Morgan fingerprint density at radius 3 is 2.39 bits per heavy atom. The summed E-state index contributed by atoms with van der Waals surface area (Å²) in [6.45, 7) is 9.23. The first-order chi connectivity index (χ1) is 13.4. The van der Waals surface area contributed by atoms with Gasteiger partial charge in [-0.3, -0.25) is 14.5 Å². The number of carbonyl (C=O) groups is 2. The first kappa shape index (κ1) is 20.8. The van der Waals surface area contributed by atoms with Crippen molar-refractivity contribution >= 4 is 17.5 Å². The second-order valence-electron chi connectivity index (χ2n) is 8.86. The molecule has 1 aliphatic heterocycles. The van der Waals surface area contributed by atoms with Crippen LogP contribution in [0.3, 0.4) is 0 Å². The molecule has 0 unspecified atom stereocenters. The van der Waals surface area contributed by atoms with Crippen molar-refractivity contribution in [2.75, 3.05) is 31.5 Å². The largest absolute Gasteiger partial charge is 0.340 e. The van der Waals surface area contributed by atoms with E-state index < -0.39 is 0 Å². The number of rotatable bonds is 6. The Morgan fingerprint density at radius 2 is 1.79 bits per heavy atom. The van der Waals surface area contributed by atoms with Gasteiger partial charge in [-0.25, -0.2) is 0 Å². The maximum atomic E-state index is 13.2. The van der Waals surface area contributed by atoms with Gasteiger partial charge in [0.2, 0.25) is 11.8 Å². The molecule has 0 aromatic heterocycles. The van der Waals surface area contributed by atoms with Gasteiger partial charge in [-0.05, 0) is 49.3 Å². The lowest BCUT2D eigenvalue weighted by molar-refractivity contribution is -0.135. The van der Waals surface area contributed by atoms with Crippen LogP contribution < -0.4 is 5.32 Å². The van der Waals surface area contributed by atoms with E-state index in [2.05, 4.69) is 24.1 Å². The van der Waals surface area contributed by atoms with Crippen molar-refractivity contribution in [1.82, 2.24) is 9.80 Å². The van der Waals surface area contributed by atoms with Crippen LogP contribution in [0.1, 0.15) is 51.5 Å². The molecule has 1 saturated heterocycles. The summed E-state index contributed by atoms with van der Waals surface area (Å²) in [6, 6.07) is 7.91. The smallest absolute Gasteiger partial charge is 0.242 e. The molecule has 5 heteroatoms. The molecule has 0 radical (unpaired) electrons. The SMILES string of the molecule is Cc1cccc(NC(=O)[C@H](C2CCCC2)N2CCN(C(=O)CC(C)C)CC2)c1. The van der Waals surface area contributed by atoms with Crippen molar-refractivity contribution < 1.29 is 9.59 Å². The van der Waals surface area contributed by atoms with Crippen LogP contribution >= 0.6 is 0 Å². The number of carbonyl (C=O) groups excluding carboxylic acids is 2. The summed E-state index contributed by atoms with van der Waals surface area (Å²) in [5.74, 6) is 1.16. The average Bonchev–Trinajstić information content (AvgIpc) is 3.16. The number of aryl methyl sites for hydroxylation is 1. The number of nitrogens with one attached hydrogen (secondary N) is 1. The van der Waals surface area contributed by atoms with Gasteiger partial charge in [0.1, 0.15) is 0 Å². The van der Waals surface area contributed by atoms with E-state index in [0.717, 1.165) is 50.3 Å². The molecule has 0 bridgehead atoms. The molecule has 1 N–H and O–H groups in total. The quantitative estimate of drug-likeness (QED) is 0.813. The van der Waals surface area contributed by atoms with Gasteiger partial charge >= 0.3 is 0 Å². The zero-order valence-corrected chi connectivity index (χ0v) is 17.6. The Balaban J connectivity index is 1.65. The van der Waals surface area contributed by atoms with Crippen LogP contribution in [0.25, 0.3) is 0 Å². The van der Waals surface area contributed by atoms with Crippen molar-refractivity contribution in [2.45, 2.75) is 58.9 Å². The molecular weight excluding hydrogens is 350 g/mol. The van der Waals surface area contributed by atoms with Crippen LogP contribution in [-0.4, -0.2) is 53.8 Å². The van der Waals surface area contributed by atoms with E-state index in [9.17, 15) is 9.59 Å². The summed E-state index contributed by atoms with van der Waals surface area (Å²) in [4.78, 5) is 29.9. The molecule has 0 spiro atoms. The van der Waals surface area contributed by atoms with Crippen LogP contribution in [0.4, 0.5) is 5.69 Å². The molecule has 3 rings (SSSR count). The summed E-state index contributed by atoms with van der Waals surface area (Å²) in [6.07, 6.45) is 5.29. The van der Waals surface area contributed by atoms with E-state index >= 15 is 0 Å². The van der Waals surface area contributed by atoms with Crippen molar-refractivity contribution in [3.05, 3.63) is 29.8 Å². The topological polar surface area (TPSA) is 52.7 Å². The fourth-order valence-corrected chi connectivity index (χ4v) is 4.62. The van der Waals surface area contributed by atoms with Crippen molar-refractivity contribution in [3.8, 4) is 0 Å². The number of amides is 2. The molecule has 28 heavy (non-hydrogen) atoms. The molecule has 1 aromatic carbocycles. The van der Waals surface area contributed by atoms with Gasteiger partial charge in [-0.1, -0.05) is 38.8 Å². The van der Waals surface area contributed by atoms with Crippen molar-refractivity contribution in [1.29, 1.82) is 0 Å². The van der Waals surface area contributed by atoms with Gasteiger partial charge < -0.3 is 10.2 Å². The predicted octanol–water partition coefficient (Wildman–Crippen LogP) is 3.68. The maximum Gasteiger partial charge on any atom is 0.242 e. The van der Waals surface area contributed by atoms with Crippen LogP contribution in [-0.2, 0) is 9.59 Å². The molecule has 2 aliphatic rings. The highest BCUT2D eigenvalue weighted by atomic mass is 16.2. The normalized spacial score (nSPS) is 19.8. The highest BCUT2D eigenvalue weighted by Crippen LogP contribution is 2.31. The molecule has 5 nitrogen and oxygen atoms in total. The van der Waals surface area contributed by atoms with E-state index in [4.69, 9.17) is 0 Å². The Hall–Kier alpha value is -1.88. The predicted molar refractivity (Wildman–Crippen MR) is 113 cm³/mol. The second kappa shape index (κ2) is 9.55. The molecule has 1 aromatic rings. The fourth-order valence-electron chi connectivity index (χ4n) is 4.62. The summed E-state index contributed by atoms with van der Waals surface area (Å²) in [5.41, 5.74) is 2.02. The number of benzene rings is 1. The van der Waals surface area contributed by atoms with Gasteiger partial charge in [0.25, 0.3) is 0 Å². The summed E-state index contributed by atoms with van der Waals surface area (Å²) in [7, 11) is 0. The molecule has 1 heterocycles. The first-order valence-corrected chi connectivity index (χ1v) is 10.8. The lowest BCUT2D eigenvalue weighted by Crippen LogP contribution is -2.57. The van der Waals surface area contributed by atoms with Crippen LogP contribution in [0.2, 0.25) is 0 Å². The van der Waals surface area contributed by atoms with Gasteiger partial charge in [0.05, 0.1) is 6.04 Å². The van der Waals surface area contributed by atoms with Crippen LogP contribution in [0.15, 0.2) is 24.3 Å². The third kappa shape index (κ3) is 5.34. The van der Waals surface area contributed by atoms with Crippen LogP contribution in [0, 0.1) is 18.8 Å². The fraction of sp³-hybridized carbons (Fsp3) is 0.652. The Labute approximate surface area is 169 Å². The lowest BCUT2D eigenvalue weighted by Gasteiger charge is -2.41. The standard InChI is InChI=1S/C23H35N3O2/c1-17(2)15-21(27)25-11-13-26(14-12-25)22(19-8-4-5-9-19)23(28)24-20-10-6-7-18(3)16-20/h6-7,10,16-17,19,22H,4-5,8-9,11-15H2,1-3H3,(H,24,28)/t22-/m0/s1. The Kier molecular flexibility index (Phi) is 7.11. The van der Waals surface area contributed by atoms with Crippen LogP contribution in [0.5, 0.6) is 0 Å². The Bertz CT molecular complexity index is 674.